The Balaban J connectivity index is 1.46. The van der Waals surface area contributed by atoms with Crippen LogP contribution in [0.25, 0.3) is 0 Å². The normalized spacial score (nSPS) is 15.5. The largest absolute Gasteiger partial charge is 0.368 e. The summed E-state index contributed by atoms with van der Waals surface area (Å²) in [6.45, 7) is 5.37. The first-order valence-corrected chi connectivity index (χ1v) is 8.82. The molecule has 0 amide bonds. The number of hydrogen-bond donors (Lipinski definition) is 1. The molecular formula is C16H22N10. The zero-order chi connectivity index (χ0) is 17.9. The fourth-order valence-electron chi connectivity index (χ4n) is 3.48. The Kier molecular flexibility index (Phi) is 4.46. The molecule has 0 atom stereocenters. The number of rotatable bonds is 5. The summed E-state index contributed by atoms with van der Waals surface area (Å²) in [5.41, 5.74) is 5.70. The molecule has 3 aromatic heterocycles. The molecule has 0 aromatic carbocycles. The fraction of sp³-hybridized carbons (Fsp3) is 0.500. The maximum atomic E-state index is 5.70. The van der Waals surface area contributed by atoms with Gasteiger partial charge < -0.3 is 15.2 Å². The van der Waals surface area contributed by atoms with Gasteiger partial charge in [-0.1, -0.05) is 0 Å². The molecule has 3 aromatic rings. The van der Waals surface area contributed by atoms with Crippen molar-refractivity contribution in [1.29, 1.82) is 0 Å². The molecule has 1 saturated heterocycles. The molecule has 1 aliphatic rings. The van der Waals surface area contributed by atoms with Crippen molar-refractivity contribution in [3.63, 3.8) is 0 Å². The quantitative estimate of drug-likeness (QED) is 0.711. The molecule has 10 nitrogen and oxygen atoms in total. The smallest absolute Gasteiger partial charge is 0.221 e. The average molecular weight is 354 g/mol. The molecule has 10 heteroatoms. The molecule has 0 aliphatic carbocycles. The van der Waals surface area contributed by atoms with Crippen molar-refractivity contribution in [1.82, 2.24) is 39.5 Å². The Morgan fingerprint density at radius 3 is 2.77 bits per heavy atom. The number of aromatic nitrogens is 8. The van der Waals surface area contributed by atoms with E-state index in [0.717, 1.165) is 49.9 Å². The zero-order valence-electron chi connectivity index (χ0n) is 14.7. The van der Waals surface area contributed by atoms with Gasteiger partial charge in [0.05, 0.1) is 0 Å². The van der Waals surface area contributed by atoms with E-state index in [-0.39, 0.29) is 0 Å². The molecular weight excluding hydrogens is 332 g/mol. The highest BCUT2D eigenvalue weighted by atomic mass is 15.4. The first-order chi connectivity index (χ1) is 12.7. The van der Waals surface area contributed by atoms with Gasteiger partial charge in [0.2, 0.25) is 5.95 Å². The van der Waals surface area contributed by atoms with Gasteiger partial charge in [-0.15, -0.1) is 10.2 Å². The molecule has 0 radical (unpaired) electrons. The predicted molar refractivity (Wildman–Crippen MR) is 95.5 cm³/mol. The number of anilines is 2. The number of hydrogen-bond acceptors (Lipinski definition) is 8. The number of nitrogens with two attached hydrogens (primary N) is 1. The Hall–Kier alpha value is -3.04. The molecule has 4 rings (SSSR count). The van der Waals surface area contributed by atoms with Crippen molar-refractivity contribution in [2.75, 3.05) is 23.7 Å². The predicted octanol–water partition coefficient (Wildman–Crippen LogP) is 0.694. The summed E-state index contributed by atoms with van der Waals surface area (Å²) < 4.78 is 3.97. The monoisotopic (exact) mass is 354 g/mol. The molecule has 0 bridgehead atoms. The van der Waals surface area contributed by atoms with Gasteiger partial charge in [-0.05, 0) is 25.8 Å². The SMILES string of the molecule is CCn1c(Cn2cncn2)nnc1C1CCN(c2ccnc(N)n2)CC1. The highest BCUT2D eigenvalue weighted by Crippen LogP contribution is 2.29. The third-order valence-electron chi connectivity index (χ3n) is 4.79. The van der Waals surface area contributed by atoms with Crippen LogP contribution in [0.5, 0.6) is 0 Å². The summed E-state index contributed by atoms with van der Waals surface area (Å²) >= 11 is 0. The molecule has 1 fully saturated rings. The lowest BCUT2D eigenvalue weighted by molar-refractivity contribution is 0.461. The standard InChI is InChI=1S/C16H22N10/c1-2-26-14(9-25-11-18-10-20-25)22-23-15(26)12-4-7-24(8-5-12)13-3-6-19-16(17)21-13/h3,6,10-12H,2,4-5,7-9H2,1H3,(H2,17,19,21). The fourth-order valence-corrected chi connectivity index (χ4v) is 3.48. The van der Waals surface area contributed by atoms with Crippen LogP contribution in [0.3, 0.4) is 0 Å². The van der Waals surface area contributed by atoms with Crippen LogP contribution in [0.15, 0.2) is 24.9 Å². The second-order valence-corrected chi connectivity index (χ2v) is 6.35. The number of piperidine rings is 1. The molecule has 2 N–H and O–H groups in total. The van der Waals surface area contributed by atoms with Gasteiger partial charge in [0.25, 0.3) is 0 Å². The summed E-state index contributed by atoms with van der Waals surface area (Å²) in [6, 6.07) is 1.90. The zero-order valence-corrected chi connectivity index (χ0v) is 14.7. The highest BCUT2D eigenvalue weighted by Gasteiger charge is 2.26. The Bertz CT molecular complexity index is 848. The van der Waals surface area contributed by atoms with E-state index in [1.165, 1.54) is 6.33 Å². The lowest BCUT2D eigenvalue weighted by Crippen LogP contribution is -2.34. The van der Waals surface area contributed by atoms with Crippen LogP contribution < -0.4 is 10.6 Å². The van der Waals surface area contributed by atoms with E-state index in [2.05, 4.69) is 46.6 Å². The van der Waals surface area contributed by atoms with Gasteiger partial charge >= 0.3 is 0 Å². The Morgan fingerprint density at radius 1 is 1.23 bits per heavy atom. The molecule has 1 aliphatic heterocycles. The third-order valence-corrected chi connectivity index (χ3v) is 4.79. The van der Waals surface area contributed by atoms with Crippen LogP contribution in [0.2, 0.25) is 0 Å². The van der Waals surface area contributed by atoms with E-state index in [1.807, 2.05) is 6.07 Å². The van der Waals surface area contributed by atoms with Crippen LogP contribution in [0.1, 0.15) is 37.3 Å². The second-order valence-electron chi connectivity index (χ2n) is 6.35. The molecule has 0 spiro atoms. The molecule has 26 heavy (non-hydrogen) atoms. The van der Waals surface area contributed by atoms with E-state index in [9.17, 15) is 0 Å². The second kappa shape index (κ2) is 7.06. The minimum absolute atomic E-state index is 0.313. The lowest BCUT2D eigenvalue weighted by atomic mass is 9.96. The Morgan fingerprint density at radius 2 is 2.08 bits per heavy atom. The molecule has 0 saturated carbocycles. The minimum Gasteiger partial charge on any atom is -0.368 e. The topological polar surface area (TPSA) is 116 Å². The van der Waals surface area contributed by atoms with Crippen LogP contribution in [0, 0.1) is 0 Å². The van der Waals surface area contributed by atoms with E-state index in [0.29, 0.717) is 18.4 Å². The molecule has 4 heterocycles. The van der Waals surface area contributed by atoms with Gasteiger partial charge in [0.15, 0.2) is 5.82 Å². The van der Waals surface area contributed by atoms with Crippen LogP contribution in [0.4, 0.5) is 11.8 Å². The number of nitrogens with zero attached hydrogens (tertiary/aromatic N) is 9. The van der Waals surface area contributed by atoms with Gasteiger partial charge in [0, 0.05) is 31.7 Å². The Labute approximate surface area is 151 Å². The first-order valence-electron chi connectivity index (χ1n) is 8.82. The summed E-state index contributed by atoms with van der Waals surface area (Å²) in [5.74, 6) is 3.57. The van der Waals surface area contributed by atoms with Crippen LogP contribution >= 0.6 is 0 Å². The van der Waals surface area contributed by atoms with Gasteiger partial charge in [-0.3, -0.25) is 0 Å². The van der Waals surface area contributed by atoms with Gasteiger partial charge in [-0.25, -0.2) is 14.6 Å². The van der Waals surface area contributed by atoms with E-state index >= 15 is 0 Å². The van der Waals surface area contributed by atoms with Crippen molar-refractivity contribution in [3.05, 3.63) is 36.6 Å². The lowest BCUT2D eigenvalue weighted by Gasteiger charge is -2.32. The minimum atomic E-state index is 0.313. The van der Waals surface area contributed by atoms with E-state index in [4.69, 9.17) is 5.73 Å². The summed E-state index contributed by atoms with van der Waals surface area (Å²) in [6.07, 6.45) is 6.94. The number of nitrogen functional groups attached to an aromatic ring is 1. The van der Waals surface area contributed by atoms with Crippen molar-refractivity contribution < 1.29 is 0 Å². The molecule has 0 unspecified atom stereocenters. The molecule has 136 valence electrons. The average Bonchev–Trinajstić information content (AvgIpc) is 3.32. The summed E-state index contributed by atoms with van der Waals surface area (Å²) in [4.78, 5) is 14.5. The van der Waals surface area contributed by atoms with E-state index in [1.54, 1.807) is 17.2 Å². The van der Waals surface area contributed by atoms with Crippen molar-refractivity contribution in [3.8, 4) is 0 Å². The van der Waals surface area contributed by atoms with Crippen LogP contribution in [-0.2, 0) is 13.1 Å². The van der Waals surface area contributed by atoms with Gasteiger partial charge in [-0.2, -0.15) is 10.1 Å². The highest BCUT2D eigenvalue weighted by molar-refractivity contribution is 5.41. The van der Waals surface area contributed by atoms with Crippen LogP contribution in [-0.4, -0.2) is 52.6 Å². The van der Waals surface area contributed by atoms with Gasteiger partial charge in [0.1, 0.15) is 30.8 Å². The maximum absolute atomic E-state index is 5.70. The third kappa shape index (κ3) is 3.22. The maximum Gasteiger partial charge on any atom is 0.221 e. The summed E-state index contributed by atoms with van der Waals surface area (Å²) in [7, 11) is 0. The van der Waals surface area contributed by atoms with E-state index < -0.39 is 0 Å². The van der Waals surface area contributed by atoms with Crippen molar-refractivity contribution in [2.45, 2.75) is 38.8 Å². The summed E-state index contributed by atoms with van der Waals surface area (Å²) in [5, 5.41) is 13.0. The van der Waals surface area contributed by atoms with Crippen molar-refractivity contribution >= 4 is 11.8 Å². The first kappa shape index (κ1) is 16.4. The van der Waals surface area contributed by atoms with Crippen molar-refractivity contribution in [2.24, 2.45) is 0 Å².